The van der Waals surface area contributed by atoms with Crippen molar-refractivity contribution in [2.45, 2.75) is 39.4 Å². The Morgan fingerprint density at radius 2 is 2.17 bits per heavy atom. The molecule has 0 radical (unpaired) electrons. The van der Waals surface area contributed by atoms with Crippen LogP contribution in [0.5, 0.6) is 5.88 Å². The van der Waals surface area contributed by atoms with Crippen LogP contribution in [0.4, 0.5) is 0 Å². The predicted octanol–water partition coefficient (Wildman–Crippen LogP) is 2.10. The molecule has 2 rings (SSSR count). The molecular weight excluding hydrogens is 417 g/mol. The molecule has 1 saturated heterocycles. The third kappa shape index (κ3) is 5.77. The van der Waals surface area contributed by atoms with E-state index in [0.29, 0.717) is 30.4 Å². The smallest absolute Gasteiger partial charge is 0.212 e. The second-order valence-electron chi connectivity index (χ2n) is 6.41. The Labute approximate surface area is 162 Å². The van der Waals surface area contributed by atoms with Crippen molar-refractivity contribution in [3.05, 3.63) is 23.9 Å². The molecule has 0 aromatic carbocycles. The molecule has 0 bridgehead atoms. The van der Waals surface area contributed by atoms with Crippen LogP contribution in [-0.2, 0) is 6.54 Å². The van der Waals surface area contributed by atoms with Gasteiger partial charge in [0.25, 0.3) is 0 Å². The van der Waals surface area contributed by atoms with Gasteiger partial charge in [-0.1, -0.05) is 13.0 Å². The zero-order valence-corrected chi connectivity index (χ0v) is 17.6. The van der Waals surface area contributed by atoms with Crippen molar-refractivity contribution in [3.63, 3.8) is 0 Å². The van der Waals surface area contributed by atoms with Crippen molar-refractivity contribution in [3.8, 4) is 5.88 Å². The van der Waals surface area contributed by atoms with E-state index >= 15 is 0 Å². The van der Waals surface area contributed by atoms with Crippen molar-refractivity contribution in [1.29, 1.82) is 0 Å². The molecule has 2 atom stereocenters. The normalized spacial score (nSPS) is 21.5. The topological polar surface area (TPSA) is 61.8 Å². The molecule has 0 spiro atoms. The van der Waals surface area contributed by atoms with Gasteiger partial charge in [0, 0.05) is 51.0 Å². The van der Waals surface area contributed by atoms with E-state index in [0.717, 1.165) is 24.6 Å². The maximum atomic E-state index is 5.07. The first-order valence-electron chi connectivity index (χ1n) is 8.23. The number of hydrogen-bond donors (Lipinski definition) is 2. The number of guanidine groups is 1. The highest BCUT2D eigenvalue weighted by atomic mass is 127. The monoisotopic (exact) mass is 447 g/mol. The first-order valence-corrected chi connectivity index (χ1v) is 8.23. The van der Waals surface area contributed by atoms with Crippen molar-refractivity contribution >= 4 is 29.9 Å². The molecule has 2 unspecified atom stereocenters. The lowest BCUT2D eigenvalue weighted by molar-refractivity contribution is 0.265. The average molecular weight is 447 g/mol. The van der Waals surface area contributed by atoms with Crippen LogP contribution in [0.1, 0.15) is 26.3 Å². The molecule has 0 saturated carbocycles. The van der Waals surface area contributed by atoms with E-state index in [-0.39, 0.29) is 24.0 Å². The highest BCUT2D eigenvalue weighted by Gasteiger charge is 2.31. The molecule has 24 heavy (non-hydrogen) atoms. The highest BCUT2D eigenvalue weighted by molar-refractivity contribution is 14.0. The molecule has 1 aromatic rings. The Kier molecular flexibility index (Phi) is 8.75. The average Bonchev–Trinajstić information content (AvgIpc) is 2.93. The van der Waals surface area contributed by atoms with Gasteiger partial charge in [0.05, 0.1) is 7.11 Å². The van der Waals surface area contributed by atoms with Gasteiger partial charge in [0.1, 0.15) is 0 Å². The van der Waals surface area contributed by atoms with Crippen LogP contribution >= 0.6 is 24.0 Å². The molecule has 2 N–H and O–H groups in total. The zero-order valence-electron chi connectivity index (χ0n) is 15.2. The SMILES string of the molecule is CN=C(NCc1ccc(OC)nc1)NC1CN(C(C)C)CC1C.I. The van der Waals surface area contributed by atoms with E-state index in [1.807, 2.05) is 18.3 Å². The minimum Gasteiger partial charge on any atom is -0.481 e. The van der Waals surface area contributed by atoms with Crippen molar-refractivity contribution in [2.75, 3.05) is 27.2 Å². The van der Waals surface area contributed by atoms with E-state index in [4.69, 9.17) is 4.74 Å². The van der Waals surface area contributed by atoms with Crippen molar-refractivity contribution in [2.24, 2.45) is 10.9 Å². The zero-order chi connectivity index (χ0) is 16.8. The minimum absolute atomic E-state index is 0. The van der Waals surface area contributed by atoms with Crippen LogP contribution in [0, 0.1) is 5.92 Å². The number of hydrogen-bond acceptors (Lipinski definition) is 4. The van der Waals surface area contributed by atoms with Gasteiger partial charge in [-0.2, -0.15) is 0 Å². The van der Waals surface area contributed by atoms with Crippen LogP contribution in [0.15, 0.2) is 23.3 Å². The van der Waals surface area contributed by atoms with Crippen LogP contribution in [-0.4, -0.2) is 55.2 Å². The maximum Gasteiger partial charge on any atom is 0.212 e. The van der Waals surface area contributed by atoms with Gasteiger partial charge in [0.15, 0.2) is 5.96 Å². The van der Waals surface area contributed by atoms with Crippen LogP contribution in [0.2, 0.25) is 0 Å². The molecule has 1 aliphatic heterocycles. The number of methoxy groups -OCH3 is 1. The summed E-state index contributed by atoms with van der Waals surface area (Å²) < 4.78 is 5.07. The Morgan fingerprint density at radius 3 is 2.67 bits per heavy atom. The third-order valence-corrected chi connectivity index (χ3v) is 4.38. The van der Waals surface area contributed by atoms with E-state index < -0.39 is 0 Å². The molecule has 2 heterocycles. The number of likely N-dealkylation sites (tertiary alicyclic amines) is 1. The lowest BCUT2D eigenvalue weighted by Crippen LogP contribution is -2.46. The van der Waals surface area contributed by atoms with E-state index in [2.05, 4.69) is 46.3 Å². The van der Waals surface area contributed by atoms with Crippen molar-refractivity contribution < 1.29 is 4.74 Å². The van der Waals surface area contributed by atoms with Gasteiger partial charge >= 0.3 is 0 Å². The number of rotatable bonds is 5. The molecule has 1 fully saturated rings. The summed E-state index contributed by atoms with van der Waals surface area (Å²) in [6.45, 7) is 9.67. The molecule has 7 heteroatoms. The van der Waals surface area contributed by atoms with Gasteiger partial charge in [0.2, 0.25) is 5.88 Å². The Bertz CT molecular complexity index is 520. The van der Waals surface area contributed by atoms with Gasteiger partial charge in [-0.05, 0) is 25.3 Å². The fourth-order valence-corrected chi connectivity index (χ4v) is 2.81. The molecule has 1 aliphatic rings. The number of ether oxygens (including phenoxy) is 1. The van der Waals surface area contributed by atoms with Crippen molar-refractivity contribution in [1.82, 2.24) is 20.5 Å². The second-order valence-corrected chi connectivity index (χ2v) is 6.41. The number of halogens is 1. The Balaban J connectivity index is 0.00000288. The summed E-state index contributed by atoms with van der Waals surface area (Å²) in [4.78, 5) is 11.1. The Hall–Kier alpha value is -1.09. The van der Waals surface area contributed by atoms with Crippen LogP contribution in [0.25, 0.3) is 0 Å². The molecule has 6 nitrogen and oxygen atoms in total. The number of pyridine rings is 1. The van der Waals surface area contributed by atoms with E-state index in [9.17, 15) is 0 Å². The second kappa shape index (κ2) is 10.0. The van der Waals surface area contributed by atoms with Gasteiger partial charge < -0.3 is 15.4 Å². The summed E-state index contributed by atoms with van der Waals surface area (Å²) in [5.41, 5.74) is 1.09. The predicted molar refractivity (Wildman–Crippen MR) is 109 cm³/mol. The van der Waals surface area contributed by atoms with Gasteiger partial charge in [-0.3, -0.25) is 9.89 Å². The number of aromatic nitrogens is 1. The van der Waals surface area contributed by atoms with Crippen LogP contribution in [0.3, 0.4) is 0 Å². The third-order valence-electron chi connectivity index (χ3n) is 4.38. The van der Waals surface area contributed by atoms with Gasteiger partial charge in [-0.25, -0.2) is 4.98 Å². The fourth-order valence-electron chi connectivity index (χ4n) is 2.81. The largest absolute Gasteiger partial charge is 0.481 e. The summed E-state index contributed by atoms with van der Waals surface area (Å²) in [6, 6.07) is 4.89. The molecular formula is C17H30IN5O. The lowest BCUT2D eigenvalue weighted by Gasteiger charge is -2.22. The first-order chi connectivity index (χ1) is 11.0. The summed E-state index contributed by atoms with van der Waals surface area (Å²) in [6.07, 6.45) is 1.82. The maximum absolute atomic E-state index is 5.07. The Morgan fingerprint density at radius 1 is 1.42 bits per heavy atom. The van der Waals surface area contributed by atoms with Gasteiger partial charge in [-0.15, -0.1) is 24.0 Å². The first kappa shape index (κ1) is 21.0. The quantitative estimate of drug-likeness (QED) is 0.412. The molecule has 0 aliphatic carbocycles. The number of nitrogens with zero attached hydrogens (tertiary/aromatic N) is 3. The number of aliphatic imine (C=N–C) groups is 1. The summed E-state index contributed by atoms with van der Waals surface area (Å²) in [5.74, 6) is 2.08. The van der Waals surface area contributed by atoms with Crippen LogP contribution < -0.4 is 15.4 Å². The number of nitrogens with one attached hydrogen (secondary N) is 2. The van der Waals surface area contributed by atoms with E-state index in [1.165, 1.54) is 0 Å². The fraction of sp³-hybridized carbons (Fsp3) is 0.647. The molecule has 136 valence electrons. The van der Waals surface area contributed by atoms with E-state index in [1.54, 1.807) is 14.2 Å². The lowest BCUT2D eigenvalue weighted by atomic mass is 10.1. The highest BCUT2D eigenvalue weighted by Crippen LogP contribution is 2.18. The summed E-state index contributed by atoms with van der Waals surface area (Å²) in [7, 11) is 3.43. The minimum atomic E-state index is 0. The summed E-state index contributed by atoms with van der Waals surface area (Å²) in [5, 5.41) is 6.90. The molecule has 1 aromatic heterocycles. The summed E-state index contributed by atoms with van der Waals surface area (Å²) >= 11 is 0. The molecule has 0 amide bonds. The standard InChI is InChI=1S/C17H29N5O.HI/c1-12(2)22-10-13(3)15(11-22)21-17(18-4)20-9-14-6-7-16(23-5)19-8-14;/h6-8,12-13,15H,9-11H2,1-5H3,(H2,18,20,21);1H.